The number of rotatable bonds is 6. The fraction of sp³-hybridized carbons (Fsp3) is 0.278. The van der Waals surface area contributed by atoms with Crippen molar-refractivity contribution in [1.82, 2.24) is 9.96 Å². The summed E-state index contributed by atoms with van der Waals surface area (Å²) in [6, 6.07) is 6.77. The second-order valence-electron chi connectivity index (χ2n) is 5.25. The van der Waals surface area contributed by atoms with Crippen molar-refractivity contribution in [2.75, 3.05) is 13.1 Å². The summed E-state index contributed by atoms with van der Waals surface area (Å²) in [4.78, 5) is 14.3. The lowest BCUT2D eigenvalue weighted by Crippen LogP contribution is -2.24. The summed E-state index contributed by atoms with van der Waals surface area (Å²) in [5.74, 6) is -0.0371. The van der Waals surface area contributed by atoms with Crippen LogP contribution in [0.1, 0.15) is 19.4 Å². The lowest BCUT2D eigenvalue weighted by Gasteiger charge is -2.24. The third-order valence-electron chi connectivity index (χ3n) is 3.74. The van der Waals surface area contributed by atoms with Gasteiger partial charge < -0.3 is 10.0 Å². The van der Waals surface area contributed by atoms with Crippen molar-refractivity contribution in [1.29, 1.82) is 0 Å². The number of allylic oxidation sites excluding steroid dienone is 4. The van der Waals surface area contributed by atoms with E-state index < -0.39 is 0 Å². The highest BCUT2D eigenvalue weighted by Crippen LogP contribution is 2.19. The Morgan fingerprint density at radius 3 is 2.43 bits per heavy atom. The van der Waals surface area contributed by atoms with E-state index in [1.54, 1.807) is 36.4 Å². The van der Waals surface area contributed by atoms with E-state index in [2.05, 4.69) is 4.90 Å². The molecular formula is C18H22N2O3. The number of phenols is 1. The zero-order chi connectivity index (χ0) is 16.8. The summed E-state index contributed by atoms with van der Waals surface area (Å²) in [5.41, 5.74) is 1.86. The first-order valence-corrected chi connectivity index (χ1v) is 7.68. The Morgan fingerprint density at radius 2 is 1.83 bits per heavy atom. The SMILES string of the molecule is CCN(CC)C1=CC(=O)C(=CN(O)Cc2ccccc2O)C=C1. The second kappa shape index (κ2) is 7.65. The minimum atomic E-state index is -0.147. The summed E-state index contributed by atoms with van der Waals surface area (Å²) in [6.45, 7) is 5.84. The molecule has 0 saturated carbocycles. The van der Waals surface area contributed by atoms with Crippen LogP contribution in [0.25, 0.3) is 0 Å². The quantitative estimate of drug-likeness (QED) is 0.624. The van der Waals surface area contributed by atoms with E-state index in [9.17, 15) is 15.1 Å². The normalized spacial score (nSPS) is 15.7. The molecule has 5 heteroatoms. The number of hydroxylamine groups is 2. The smallest absolute Gasteiger partial charge is 0.189 e. The molecule has 122 valence electrons. The van der Waals surface area contributed by atoms with Crippen LogP contribution >= 0.6 is 0 Å². The highest BCUT2D eigenvalue weighted by molar-refractivity contribution is 6.07. The van der Waals surface area contributed by atoms with Gasteiger partial charge in [-0.3, -0.25) is 15.1 Å². The van der Waals surface area contributed by atoms with E-state index >= 15 is 0 Å². The van der Waals surface area contributed by atoms with Gasteiger partial charge in [-0.25, -0.2) is 0 Å². The zero-order valence-electron chi connectivity index (χ0n) is 13.4. The average molecular weight is 314 g/mol. The van der Waals surface area contributed by atoms with Gasteiger partial charge in [0, 0.05) is 42.2 Å². The molecular weight excluding hydrogens is 292 g/mol. The first-order chi connectivity index (χ1) is 11.0. The number of nitrogens with zero attached hydrogens (tertiary/aromatic N) is 2. The van der Waals surface area contributed by atoms with Crippen molar-refractivity contribution in [2.24, 2.45) is 0 Å². The van der Waals surface area contributed by atoms with Gasteiger partial charge in [0.25, 0.3) is 0 Å². The van der Waals surface area contributed by atoms with Crippen molar-refractivity contribution >= 4 is 5.78 Å². The van der Waals surface area contributed by atoms with E-state index in [-0.39, 0.29) is 18.1 Å². The number of phenolic OH excluding ortho intramolecular Hbond substituents is 1. The van der Waals surface area contributed by atoms with Crippen molar-refractivity contribution in [3.05, 3.63) is 65.5 Å². The second-order valence-corrected chi connectivity index (χ2v) is 5.25. The minimum Gasteiger partial charge on any atom is -0.508 e. The van der Waals surface area contributed by atoms with Crippen molar-refractivity contribution in [3.8, 4) is 5.75 Å². The molecule has 0 amide bonds. The fourth-order valence-electron chi connectivity index (χ4n) is 2.44. The number of hydrogen-bond donors (Lipinski definition) is 2. The van der Waals surface area contributed by atoms with Crippen molar-refractivity contribution in [2.45, 2.75) is 20.4 Å². The molecule has 5 nitrogen and oxygen atoms in total. The van der Waals surface area contributed by atoms with Gasteiger partial charge in [-0.2, -0.15) is 0 Å². The number of aromatic hydroxyl groups is 1. The summed E-state index contributed by atoms with van der Waals surface area (Å²) >= 11 is 0. The largest absolute Gasteiger partial charge is 0.508 e. The van der Waals surface area contributed by atoms with Crippen LogP contribution in [-0.4, -0.2) is 39.1 Å². The third-order valence-corrected chi connectivity index (χ3v) is 3.74. The number of benzene rings is 1. The molecule has 1 aliphatic carbocycles. The molecule has 1 aromatic rings. The Hall–Kier alpha value is -2.53. The molecule has 0 aromatic heterocycles. The number of carbonyl (C=O) groups is 1. The Bertz CT molecular complexity index is 658. The molecule has 0 atom stereocenters. The number of para-hydroxylation sites is 1. The number of hydrogen-bond acceptors (Lipinski definition) is 5. The highest BCUT2D eigenvalue weighted by Gasteiger charge is 2.15. The molecule has 0 saturated heterocycles. The molecule has 0 heterocycles. The molecule has 0 radical (unpaired) electrons. The van der Waals surface area contributed by atoms with Crippen LogP contribution < -0.4 is 0 Å². The zero-order valence-corrected chi connectivity index (χ0v) is 13.4. The Balaban J connectivity index is 2.08. The minimum absolute atomic E-state index is 0.101. The summed E-state index contributed by atoms with van der Waals surface area (Å²) in [6.07, 6.45) is 6.52. The summed E-state index contributed by atoms with van der Waals surface area (Å²) in [5, 5.41) is 20.6. The van der Waals surface area contributed by atoms with Gasteiger partial charge in [-0.15, -0.1) is 0 Å². The molecule has 2 N–H and O–H groups in total. The predicted octanol–water partition coefficient (Wildman–Crippen LogP) is 2.83. The van der Waals surface area contributed by atoms with Crippen LogP contribution in [-0.2, 0) is 11.3 Å². The topological polar surface area (TPSA) is 64.0 Å². The van der Waals surface area contributed by atoms with Crippen LogP contribution in [0.2, 0.25) is 0 Å². The number of carbonyl (C=O) groups excluding carboxylic acids is 1. The van der Waals surface area contributed by atoms with E-state index in [1.807, 2.05) is 19.9 Å². The lowest BCUT2D eigenvalue weighted by molar-refractivity contribution is -0.111. The van der Waals surface area contributed by atoms with E-state index in [4.69, 9.17) is 0 Å². The van der Waals surface area contributed by atoms with Crippen LogP contribution in [0.5, 0.6) is 5.75 Å². The maximum Gasteiger partial charge on any atom is 0.189 e. The number of likely N-dealkylation sites (N-methyl/N-ethyl adjacent to an activating group) is 1. The molecule has 2 rings (SSSR count). The van der Waals surface area contributed by atoms with Crippen LogP contribution in [0.4, 0.5) is 0 Å². The van der Waals surface area contributed by atoms with Crippen LogP contribution in [0.15, 0.2) is 60.0 Å². The molecule has 0 aliphatic heterocycles. The monoisotopic (exact) mass is 314 g/mol. The Morgan fingerprint density at radius 1 is 1.13 bits per heavy atom. The standard InChI is InChI=1S/C18H22N2O3/c1-3-19(4-2)16-10-9-15(18(22)11-16)13-20(23)12-14-7-5-6-8-17(14)21/h5-11,13,21,23H,3-4,12H2,1-2H3. The van der Waals surface area contributed by atoms with E-state index in [0.29, 0.717) is 11.1 Å². The fourth-order valence-corrected chi connectivity index (χ4v) is 2.44. The third kappa shape index (κ3) is 4.23. The molecule has 1 aliphatic rings. The average Bonchev–Trinajstić information content (AvgIpc) is 2.53. The van der Waals surface area contributed by atoms with E-state index in [0.717, 1.165) is 23.8 Å². The summed E-state index contributed by atoms with van der Waals surface area (Å²) < 4.78 is 0. The molecule has 0 spiro atoms. The Labute approximate surface area is 136 Å². The Kier molecular flexibility index (Phi) is 5.60. The van der Waals surface area contributed by atoms with Crippen LogP contribution in [0.3, 0.4) is 0 Å². The predicted molar refractivity (Wildman–Crippen MR) is 88.7 cm³/mol. The maximum absolute atomic E-state index is 12.2. The first kappa shape index (κ1) is 16.8. The van der Waals surface area contributed by atoms with Crippen molar-refractivity contribution < 1.29 is 15.1 Å². The number of ketones is 1. The van der Waals surface area contributed by atoms with Gasteiger partial charge in [0.2, 0.25) is 0 Å². The molecule has 1 aromatic carbocycles. The van der Waals surface area contributed by atoms with Gasteiger partial charge in [0.15, 0.2) is 5.78 Å². The lowest BCUT2D eigenvalue weighted by atomic mass is 10.0. The van der Waals surface area contributed by atoms with Gasteiger partial charge in [0.1, 0.15) is 5.75 Å². The summed E-state index contributed by atoms with van der Waals surface area (Å²) in [7, 11) is 0. The molecule has 0 bridgehead atoms. The van der Waals surface area contributed by atoms with E-state index in [1.165, 1.54) is 6.20 Å². The molecule has 0 unspecified atom stereocenters. The van der Waals surface area contributed by atoms with Crippen molar-refractivity contribution in [3.63, 3.8) is 0 Å². The van der Waals surface area contributed by atoms with Gasteiger partial charge in [-0.05, 0) is 32.1 Å². The molecule has 0 fully saturated rings. The first-order valence-electron chi connectivity index (χ1n) is 7.68. The molecule has 23 heavy (non-hydrogen) atoms. The highest BCUT2D eigenvalue weighted by atomic mass is 16.5. The van der Waals surface area contributed by atoms with Crippen LogP contribution in [0, 0.1) is 0 Å². The maximum atomic E-state index is 12.2. The van der Waals surface area contributed by atoms with Gasteiger partial charge in [0.05, 0.1) is 6.54 Å². The van der Waals surface area contributed by atoms with Gasteiger partial charge in [-0.1, -0.05) is 18.2 Å². The van der Waals surface area contributed by atoms with Gasteiger partial charge >= 0.3 is 0 Å².